The summed E-state index contributed by atoms with van der Waals surface area (Å²) in [5.74, 6) is -1.74. The lowest BCUT2D eigenvalue weighted by atomic mass is 9.81. The maximum Gasteiger partial charge on any atom is 0.391 e. The molecule has 2 rings (SSSR count). The Morgan fingerprint density at radius 3 is 2.57 bits per heavy atom. The predicted molar refractivity (Wildman–Crippen MR) is 71.2 cm³/mol. The number of nitrogens with one attached hydrogen (secondary N) is 1. The summed E-state index contributed by atoms with van der Waals surface area (Å²) in [7, 11) is 0. The van der Waals surface area contributed by atoms with E-state index in [1.54, 1.807) is 10.9 Å². The van der Waals surface area contributed by atoms with E-state index in [1.165, 1.54) is 6.20 Å². The fraction of sp³-hybridized carbons (Fsp3) is 0.692. The fourth-order valence-corrected chi connectivity index (χ4v) is 2.62. The van der Waals surface area contributed by atoms with Crippen LogP contribution in [0.2, 0.25) is 0 Å². The fourth-order valence-electron chi connectivity index (χ4n) is 2.62. The first-order chi connectivity index (χ1) is 9.86. The third-order valence-electron chi connectivity index (χ3n) is 3.85. The van der Waals surface area contributed by atoms with Gasteiger partial charge in [0.25, 0.3) is 0 Å². The van der Waals surface area contributed by atoms with E-state index >= 15 is 0 Å². The van der Waals surface area contributed by atoms with Crippen molar-refractivity contribution in [3.05, 3.63) is 12.4 Å². The predicted octanol–water partition coefficient (Wildman–Crippen LogP) is 1.95. The third-order valence-corrected chi connectivity index (χ3v) is 3.85. The second kappa shape index (κ2) is 6.36. The minimum atomic E-state index is -4.14. The molecule has 1 saturated carbocycles. The number of alkyl halides is 3. The molecule has 5 nitrogen and oxygen atoms in total. The Hall–Kier alpha value is -1.73. The van der Waals surface area contributed by atoms with E-state index in [2.05, 4.69) is 10.4 Å². The van der Waals surface area contributed by atoms with Gasteiger partial charge in [0.2, 0.25) is 5.91 Å². The molecule has 1 aromatic rings. The molecule has 21 heavy (non-hydrogen) atoms. The maximum atomic E-state index is 12.5. The first-order valence-electron chi connectivity index (χ1n) is 6.98. The first-order valence-corrected chi connectivity index (χ1v) is 6.98. The number of nitrogens with zero attached hydrogens (tertiary/aromatic N) is 2. The van der Waals surface area contributed by atoms with Crippen molar-refractivity contribution in [2.45, 2.75) is 38.4 Å². The smallest absolute Gasteiger partial charge is 0.391 e. The molecular formula is C13H19F3N4O. The van der Waals surface area contributed by atoms with Crippen LogP contribution < -0.4 is 11.1 Å². The van der Waals surface area contributed by atoms with Crippen molar-refractivity contribution in [1.29, 1.82) is 0 Å². The number of rotatable bonds is 4. The van der Waals surface area contributed by atoms with Crippen molar-refractivity contribution in [3.8, 4) is 0 Å². The number of nitrogen functional groups attached to an aromatic ring is 1. The van der Waals surface area contributed by atoms with Crippen LogP contribution in [-0.2, 0) is 11.3 Å². The highest BCUT2D eigenvalue weighted by molar-refractivity contribution is 5.78. The van der Waals surface area contributed by atoms with E-state index in [4.69, 9.17) is 5.73 Å². The van der Waals surface area contributed by atoms with Gasteiger partial charge in [-0.25, -0.2) is 0 Å². The highest BCUT2D eigenvalue weighted by Gasteiger charge is 2.42. The Labute approximate surface area is 120 Å². The van der Waals surface area contributed by atoms with E-state index < -0.39 is 12.1 Å². The van der Waals surface area contributed by atoms with Crippen molar-refractivity contribution in [3.63, 3.8) is 0 Å². The molecule has 1 aromatic heterocycles. The summed E-state index contributed by atoms with van der Waals surface area (Å²) in [6, 6.07) is 0. The monoisotopic (exact) mass is 304 g/mol. The zero-order valence-corrected chi connectivity index (χ0v) is 11.6. The third kappa shape index (κ3) is 4.37. The molecule has 0 aromatic carbocycles. The van der Waals surface area contributed by atoms with Gasteiger partial charge in [-0.3, -0.25) is 9.48 Å². The maximum absolute atomic E-state index is 12.5. The summed E-state index contributed by atoms with van der Waals surface area (Å²) in [6.07, 6.45) is -0.299. The number of anilines is 1. The van der Waals surface area contributed by atoms with Crippen LogP contribution in [-0.4, -0.2) is 28.4 Å². The molecule has 0 saturated heterocycles. The molecule has 0 atom stereocenters. The molecule has 0 spiro atoms. The lowest BCUT2D eigenvalue weighted by Crippen LogP contribution is -2.37. The normalized spacial score (nSPS) is 23.0. The Balaban J connectivity index is 1.70. The van der Waals surface area contributed by atoms with Crippen LogP contribution in [0.25, 0.3) is 0 Å². The van der Waals surface area contributed by atoms with Gasteiger partial charge in [0.1, 0.15) is 0 Å². The number of aromatic nitrogens is 2. The summed E-state index contributed by atoms with van der Waals surface area (Å²) in [6.45, 7) is 0.875. The number of hydrogen-bond donors (Lipinski definition) is 2. The van der Waals surface area contributed by atoms with Gasteiger partial charge in [0, 0.05) is 18.7 Å². The number of hydrogen-bond acceptors (Lipinski definition) is 3. The van der Waals surface area contributed by atoms with Crippen LogP contribution in [0.3, 0.4) is 0 Å². The number of carbonyl (C=O) groups is 1. The van der Waals surface area contributed by atoms with E-state index in [0.29, 0.717) is 31.6 Å². The van der Waals surface area contributed by atoms with Gasteiger partial charge in [0.15, 0.2) is 0 Å². The molecule has 118 valence electrons. The summed E-state index contributed by atoms with van der Waals surface area (Å²) in [5.41, 5.74) is 6.06. The number of amides is 1. The molecule has 0 aliphatic heterocycles. The molecule has 1 amide bonds. The lowest BCUT2D eigenvalue weighted by Gasteiger charge is -2.29. The Morgan fingerprint density at radius 1 is 1.38 bits per heavy atom. The molecule has 0 bridgehead atoms. The second-order valence-electron chi connectivity index (χ2n) is 5.42. The molecule has 0 radical (unpaired) electrons. The van der Waals surface area contributed by atoms with Crippen LogP contribution in [0.5, 0.6) is 0 Å². The topological polar surface area (TPSA) is 72.9 Å². The van der Waals surface area contributed by atoms with Gasteiger partial charge in [0.05, 0.1) is 24.3 Å². The summed E-state index contributed by atoms with van der Waals surface area (Å²) in [4.78, 5) is 11.9. The highest BCUT2D eigenvalue weighted by atomic mass is 19.4. The van der Waals surface area contributed by atoms with Crippen LogP contribution in [0.4, 0.5) is 18.9 Å². The number of nitrogens with two attached hydrogens (primary N) is 1. The highest BCUT2D eigenvalue weighted by Crippen LogP contribution is 2.39. The summed E-state index contributed by atoms with van der Waals surface area (Å²) < 4.78 is 39.2. The van der Waals surface area contributed by atoms with Gasteiger partial charge in [-0.1, -0.05) is 0 Å². The summed E-state index contributed by atoms with van der Waals surface area (Å²) in [5, 5.41) is 6.72. The molecule has 1 aliphatic carbocycles. The molecule has 1 fully saturated rings. The second-order valence-corrected chi connectivity index (χ2v) is 5.42. The minimum Gasteiger partial charge on any atom is -0.396 e. The first kappa shape index (κ1) is 15.7. The largest absolute Gasteiger partial charge is 0.396 e. The Morgan fingerprint density at radius 2 is 2.05 bits per heavy atom. The standard InChI is InChI=1S/C13H19F3N4O/c14-13(15,16)10-3-1-9(2-4-10)12(21)18-5-6-20-8-11(17)7-19-20/h7-10H,1-6,17H2,(H,18,21). The van der Waals surface area contributed by atoms with Crippen molar-refractivity contribution in [1.82, 2.24) is 15.1 Å². The average molecular weight is 304 g/mol. The Bertz CT molecular complexity index is 478. The van der Waals surface area contributed by atoms with Crippen molar-refractivity contribution in [2.24, 2.45) is 11.8 Å². The van der Waals surface area contributed by atoms with E-state index in [0.717, 1.165) is 0 Å². The SMILES string of the molecule is Nc1cnn(CCNC(=O)C2CCC(C(F)(F)F)CC2)c1. The number of carbonyl (C=O) groups excluding carboxylic acids is 1. The minimum absolute atomic E-state index is 0.0390. The summed E-state index contributed by atoms with van der Waals surface area (Å²) >= 11 is 0. The van der Waals surface area contributed by atoms with Gasteiger partial charge in [-0.15, -0.1) is 0 Å². The average Bonchev–Trinajstić information content (AvgIpc) is 2.83. The van der Waals surface area contributed by atoms with Crippen LogP contribution in [0.15, 0.2) is 12.4 Å². The van der Waals surface area contributed by atoms with Gasteiger partial charge in [-0.2, -0.15) is 18.3 Å². The molecule has 1 heterocycles. The van der Waals surface area contributed by atoms with Crippen LogP contribution in [0, 0.1) is 11.8 Å². The molecule has 0 unspecified atom stereocenters. The van der Waals surface area contributed by atoms with Gasteiger partial charge >= 0.3 is 6.18 Å². The van der Waals surface area contributed by atoms with Crippen molar-refractivity contribution in [2.75, 3.05) is 12.3 Å². The number of halogens is 3. The van der Waals surface area contributed by atoms with Gasteiger partial charge in [-0.05, 0) is 25.7 Å². The molecule has 8 heteroatoms. The zero-order valence-electron chi connectivity index (χ0n) is 11.6. The Kier molecular flexibility index (Phi) is 4.74. The lowest BCUT2D eigenvalue weighted by molar-refractivity contribution is -0.184. The molecule has 3 N–H and O–H groups in total. The van der Waals surface area contributed by atoms with E-state index in [-0.39, 0.29) is 24.7 Å². The van der Waals surface area contributed by atoms with Gasteiger partial charge < -0.3 is 11.1 Å². The van der Waals surface area contributed by atoms with Crippen LogP contribution >= 0.6 is 0 Å². The van der Waals surface area contributed by atoms with Crippen molar-refractivity contribution < 1.29 is 18.0 Å². The molecular weight excluding hydrogens is 285 g/mol. The quantitative estimate of drug-likeness (QED) is 0.893. The zero-order chi connectivity index (χ0) is 15.5. The van der Waals surface area contributed by atoms with E-state index in [9.17, 15) is 18.0 Å². The van der Waals surface area contributed by atoms with E-state index in [1.807, 2.05) is 0 Å². The molecule has 1 aliphatic rings. The van der Waals surface area contributed by atoms with Crippen molar-refractivity contribution >= 4 is 11.6 Å². The van der Waals surface area contributed by atoms with Crippen LogP contribution in [0.1, 0.15) is 25.7 Å².